The highest BCUT2D eigenvalue weighted by molar-refractivity contribution is 8.08. The van der Waals surface area contributed by atoms with Gasteiger partial charge in [-0.25, -0.2) is 28.2 Å². The Morgan fingerprint density at radius 1 is 1.12 bits per heavy atom. The maximum atomic E-state index is 14.8. The molecule has 2 aliphatic heterocycles. The second-order valence-corrected chi connectivity index (χ2v) is 13.1. The van der Waals surface area contributed by atoms with Crippen molar-refractivity contribution >= 4 is 43.3 Å². The molecule has 4 rings (SSSR count). The molecule has 2 saturated heterocycles. The molecular weight excluding hydrogens is 611 g/mol. The Balaban J connectivity index is 1.38. The molecule has 2 aromatic rings. The van der Waals surface area contributed by atoms with Crippen LogP contribution in [-0.2, 0) is 39.2 Å². The number of phosphoric ester groups is 1. The lowest BCUT2D eigenvalue weighted by Gasteiger charge is -2.41. The fraction of sp³-hybridized carbons (Fsp3) is 0.706. The Kier molecular flexibility index (Phi) is 9.55. The lowest BCUT2D eigenvalue weighted by Crippen LogP contribution is -2.61. The third-order valence-electron chi connectivity index (χ3n) is 5.97. The molecule has 10 N–H and O–H groups in total. The number of aromatic nitrogens is 4. The van der Waals surface area contributed by atoms with E-state index < -0.39 is 89.2 Å². The number of anilines is 1. The van der Waals surface area contributed by atoms with Crippen LogP contribution in [0.15, 0.2) is 12.7 Å². The third kappa shape index (κ3) is 6.50. The molecule has 0 aliphatic carbocycles. The molecular formula is C17H26FN5O14P2S. The highest BCUT2D eigenvalue weighted by Gasteiger charge is 2.50. The largest absolute Gasteiger partial charge is 0.481 e. The molecule has 2 aromatic heterocycles. The van der Waals surface area contributed by atoms with Crippen molar-refractivity contribution in [2.45, 2.75) is 61.4 Å². The van der Waals surface area contributed by atoms with Crippen molar-refractivity contribution in [2.24, 2.45) is 0 Å². The van der Waals surface area contributed by atoms with Gasteiger partial charge < -0.3 is 60.2 Å². The van der Waals surface area contributed by atoms with Gasteiger partial charge in [-0.3, -0.25) is 9.09 Å². The first-order valence-corrected chi connectivity index (χ1v) is 15.3. The van der Waals surface area contributed by atoms with E-state index in [1.165, 1.54) is 10.9 Å². The van der Waals surface area contributed by atoms with Gasteiger partial charge in [0.1, 0.15) is 54.6 Å². The molecule has 2 aliphatic rings. The minimum absolute atomic E-state index is 0.0265. The summed E-state index contributed by atoms with van der Waals surface area (Å²) in [5.41, 5.74) is 6.00. The molecule has 0 amide bonds. The smallest absolute Gasteiger partial charge is 0.394 e. The van der Waals surface area contributed by atoms with Gasteiger partial charge >= 0.3 is 14.5 Å². The van der Waals surface area contributed by atoms with E-state index >= 15 is 0 Å². The van der Waals surface area contributed by atoms with Gasteiger partial charge in [-0.05, 0) is 11.8 Å². The van der Waals surface area contributed by atoms with Gasteiger partial charge in [-0.15, -0.1) is 0 Å². The van der Waals surface area contributed by atoms with Crippen LogP contribution in [0.3, 0.4) is 0 Å². The van der Waals surface area contributed by atoms with E-state index in [-0.39, 0.29) is 17.0 Å². The average Bonchev–Trinajstić information content (AvgIpc) is 3.43. The first-order chi connectivity index (χ1) is 18.7. The Morgan fingerprint density at radius 2 is 1.82 bits per heavy atom. The maximum absolute atomic E-state index is 14.8. The van der Waals surface area contributed by atoms with E-state index in [2.05, 4.69) is 35.6 Å². The van der Waals surface area contributed by atoms with Gasteiger partial charge in [0.05, 0.1) is 19.5 Å². The Hall–Kier alpha value is -1.36. The molecule has 40 heavy (non-hydrogen) atoms. The molecule has 0 spiro atoms. The standard InChI is InChI=1S/C17H26FN5O14P2S/c18-7-6(34-16(9(7)26)23-4-22-8-14(19)20-3-21-15(8)23)2-33-39(32,40)37-38(30,31)36-17-12(29)10(27)11(28)13(35-17)5(25)1-24/h3-7,9-13,16-17,24-29H,1-2H2,(H,30,31)(H,32,40)(H2,19,20,21)/t5-,6-,7+,9+,10?,11+,12?,13?,16-,17+,39?/m1/s1. The number of aliphatic hydroxyl groups is 6. The molecule has 0 aromatic carbocycles. The number of ether oxygens (including phenoxy) is 2. The predicted molar refractivity (Wildman–Crippen MR) is 129 cm³/mol. The van der Waals surface area contributed by atoms with Crippen LogP contribution >= 0.6 is 14.5 Å². The normalized spacial score (nSPS) is 36.8. The molecule has 0 bridgehead atoms. The second-order valence-electron chi connectivity index (χ2n) is 8.69. The summed E-state index contributed by atoms with van der Waals surface area (Å²) in [4.78, 5) is 32.0. The monoisotopic (exact) mass is 637 g/mol. The van der Waals surface area contributed by atoms with Crippen LogP contribution in [0, 0.1) is 0 Å². The van der Waals surface area contributed by atoms with Crippen LogP contribution in [0.25, 0.3) is 11.2 Å². The summed E-state index contributed by atoms with van der Waals surface area (Å²) in [5, 5.41) is 59.0. The van der Waals surface area contributed by atoms with Crippen molar-refractivity contribution in [2.75, 3.05) is 18.9 Å². The van der Waals surface area contributed by atoms with Crippen molar-refractivity contribution in [3.05, 3.63) is 12.7 Å². The Morgan fingerprint density at radius 3 is 2.50 bits per heavy atom. The van der Waals surface area contributed by atoms with Gasteiger partial charge in [-0.1, -0.05) is 0 Å². The summed E-state index contributed by atoms with van der Waals surface area (Å²) in [6.45, 7) is -6.56. The fourth-order valence-corrected chi connectivity index (χ4v) is 7.08. The van der Waals surface area contributed by atoms with Gasteiger partial charge in [0, 0.05) is 0 Å². The summed E-state index contributed by atoms with van der Waals surface area (Å²) < 4.78 is 52.9. The summed E-state index contributed by atoms with van der Waals surface area (Å²) in [6.07, 6.45) is -16.5. The van der Waals surface area contributed by atoms with Gasteiger partial charge in [0.2, 0.25) is 0 Å². The van der Waals surface area contributed by atoms with Crippen molar-refractivity contribution in [3.63, 3.8) is 0 Å². The third-order valence-corrected chi connectivity index (χ3v) is 9.48. The van der Waals surface area contributed by atoms with Gasteiger partial charge in [-0.2, -0.15) is 0 Å². The number of hydrogen-bond acceptors (Lipinski definition) is 17. The summed E-state index contributed by atoms with van der Waals surface area (Å²) in [6, 6.07) is 0. The van der Waals surface area contributed by atoms with E-state index in [0.717, 1.165) is 6.33 Å². The van der Waals surface area contributed by atoms with Crippen LogP contribution in [-0.4, -0.2) is 128 Å². The van der Waals surface area contributed by atoms with Crippen LogP contribution < -0.4 is 5.73 Å². The Bertz CT molecular complexity index is 1300. The number of nitrogens with two attached hydrogens (primary N) is 1. The maximum Gasteiger partial charge on any atom is 0.481 e. The molecule has 0 saturated carbocycles. The van der Waals surface area contributed by atoms with Crippen molar-refractivity contribution in [1.29, 1.82) is 0 Å². The zero-order valence-electron chi connectivity index (χ0n) is 19.9. The number of nitrogens with zero attached hydrogens (tertiary/aromatic N) is 4. The Labute approximate surface area is 228 Å². The zero-order valence-corrected chi connectivity index (χ0v) is 22.5. The number of aliphatic hydroxyl groups excluding tert-OH is 6. The molecule has 226 valence electrons. The van der Waals surface area contributed by atoms with E-state index in [4.69, 9.17) is 24.8 Å². The van der Waals surface area contributed by atoms with E-state index in [1.54, 1.807) is 0 Å². The van der Waals surface area contributed by atoms with E-state index in [9.17, 15) is 44.3 Å². The van der Waals surface area contributed by atoms with Gasteiger partial charge in [0.15, 0.2) is 30.2 Å². The number of rotatable bonds is 10. The first-order valence-electron chi connectivity index (χ1n) is 11.2. The van der Waals surface area contributed by atoms with Crippen LogP contribution in [0.5, 0.6) is 0 Å². The molecule has 4 heterocycles. The SMILES string of the molecule is Nc1ncnc2c1ncn2[C@@H]1O[C@H](COP(O)(=S)OP(=O)(O)O[C@@H]2OC([C@H](O)CO)[C@@H](O)C(O)C2O)[C@H](F)[C@@H]1O. The summed E-state index contributed by atoms with van der Waals surface area (Å²) in [7, 11) is -5.48. The fourth-order valence-electron chi connectivity index (χ4n) is 3.98. The van der Waals surface area contributed by atoms with Crippen LogP contribution in [0.2, 0.25) is 0 Å². The van der Waals surface area contributed by atoms with Crippen molar-refractivity contribution in [3.8, 4) is 0 Å². The summed E-state index contributed by atoms with van der Waals surface area (Å²) >= 11 is 4.66. The lowest BCUT2D eigenvalue weighted by atomic mass is 9.96. The number of nitrogen functional groups attached to an aromatic ring is 1. The highest BCUT2D eigenvalue weighted by atomic mass is 32.5. The molecule has 2 fully saturated rings. The van der Waals surface area contributed by atoms with E-state index in [1.807, 2.05) is 0 Å². The quantitative estimate of drug-likeness (QED) is 0.114. The zero-order chi connectivity index (χ0) is 29.6. The first kappa shape index (κ1) is 31.6. The number of halogens is 1. The van der Waals surface area contributed by atoms with Gasteiger partial charge in [0.25, 0.3) is 0 Å². The number of fused-ring (bicyclic) bond motifs is 1. The highest BCUT2D eigenvalue weighted by Crippen LogP contribution is 2.61. The summed E-state index contributed by atoms with van der Waals surface area (Å²) in [5.74, 6) is 0.0265. The van der Waals surface area contributed by atoms with Crippen LogP contribution in [0.1, 0.15) is 6.23 Å². The number of alkyl halides is 1. The predicted octanol–water partition coefficient (Wildman–Crippen LogP) is -3.47. The minimum Gasteiger partial charge on any atom is -0.394 e. The van der Waals surface area contributed by atoms with Crippen molar-refractivity contribution < 1.29 is 72.2 Å². The topological polar surface area (TPSA) is 295 Å². The molecule has 0 radical (unpaired) electrons. The van der Waals surface area contributed by atoms with Crippen molar-refractivity contribution in [1.82, 2.24) is 19.5 Å². The number of phosphoric acid groups is 1. The number of hydrogen-bond donors (Lipinski definition) is 9. The average molecular weight is 637 g/mol. The molecule has 5 unspecified atom stereocenters. The molecule has 19 nitrogen and oxygen atoms in total. The lowest BCUT2D eigenvalue weighted by molar-refractivity contribution is -0.292. The van der Waals surface area contributed by atoms with E-state index in [0.29, 0.717) is 0 Å². The minimum atomic E-state index is -5.48. The second kappa shape index (κ2) is 12.1. The molecule has 23 heteroatoms. The molecule has 12 atom stereocenters. The number of imidazole rings is 1. The van der Waals surface area contributed by atoms with Crippen LogP contribution in [0.4, 0.5) is 10.2 Å².